The minimum absolute atomic E-state index is 0.152. The van der Waals surface area contributed by atoms with Crippen LogP contribution in [0.25, 0.3) is 0 Å². The molecule has 4 nitrogen and oxygen atoms in total. The molecule has 1 aliphatic heterocycles. The summed E-state index contributed by atoms with van der Waals surface area (Å²) in [4.78, 5) is 12.1. The number of carbonyl (C=O) groups excluding carboxylic acids is 1. The number of ether oxygens (including phenoxy) is 2. The van der Waals surface area contributed by atoms with Crippen molar-refractivity contribution in [2.24, 2.45) is 0 Å². The van der Waals surface area contributed by atoms with Gasteiger partial charge in [-0.3, -0.25) is 4.79 Å². The van der Waals surface area contributed by atoms with Gasteiger partial charge >= 0.3 is 0 Å². The first-order valence-electron chi connectivity index (χ1n) is 7.63. The van der Waals surface area contributed by atoms with Gasteiger partial charge in [0.1, 0.15) is 18.2 Å². The summed E-state index contributed by atoms with van der Waals surface area (Å²) in [6, 6.07) is 12.8. The molecule has 2 aromatic rings. The van der Waals surface area contributed by atoms with Gasteiger partial charge in [-0.2, -0.15) is 0 Å². The Morgan fingerprint density at radius 1 is 1.22 bits per heavy atom. The molecule has 1 atom stereocenters. The molecule has 2 aromatic carbocycles. The standard InChI is InChI=1S/C18H18FNO3/c19-16-5-1-2-6-17(16)20-18(21)13-7-9-14(10-8-13)23-12-15-4-3-11-22-15/h1-2,5-10,15H,3-4,11-12H2,(H,20,21). The van der Waals surface area contributed by atoms with Crippen molar-refractivity contribution in [3.05, 3.63) is 59.9 Å². The van der Waals surface area contributed by atoms with Gasteiger partial charge in [0.25, 0.3) is 5.91 Å². The van der Waals surface area contributed by atoms with Crippen molar-refractivity contribution in [2.75, 3.05) is 18.5 Å². The van der Waals surface area contributed by atoms with E-state index in [1.54, 1.807) is 36.4 Å². The minimum Gasteiger partial charge on any atom is -0.491 e. The fraction of sp³-hybridized carbons (Fsp3) is 0.278. The molecule has 3 rings (SSSR count). The van der Waals surface area contributed by atoms with Crippen molar-refractivity contribution < 1.29 is 18.7 Å². The Bertz CT molecular complexity index is 666. The van der Waals surface area contributed by atoms with Gasteiger partial charge in [-0.1, -0.05) is 12.1 Å². The number of halogens is 1. The van der Waals surface area contributed by atoms with Crippen LogP contribution in [-0.4, -0.2) is 25.2 Å². The van der Waals surface area contributed by atoms with Gasteiger partial charge in [0.05, 0.1) is 11.8 Å². The summed E-state index contributed by atoms with van der Waals surface area (Å²) < 4.78 is 24.7. The second-order valence-electron chi connectivity index (χ2n) is 5.40. The number of amides is 1. The van der Waals surface area contributed by atoms with Gasteiger partial charge in [-0.05, 0) is 49.2 Å². The summed E-state index contributed by atoms with van der Waals surface area (Å²) in [5.74, 6) is -0.138. The van der Waals surface area contributed by atoms with Gasteiger partial charge in [-0.25, -0.2) is 4.39 Å². The molecule has 1 saturated heterocycles. The molecule has 5 heteroatoms. The summed E-state index contributed by atoms with van der Waals surface area (Å²) in [6.07, 6.45) is 2.24. The zero-order valence-electron chi connectivity index (χ0n) is 12.6. The molecule has 0 radical (unpaired) electrons. The number of para-hydroxylation sites is 1. The summed E-state index contributed by atoms with van der Waals surface area (Å²) in [5, 5.41) is 2.55. The van der Waals surface area contributed by atoms with Crippen LogP contribution in [0.5, 0.6) is 5.75 Å². The van der Waals surface area contributed by atoms with Crippen LogP contribution in [0, 0.1) is 5.82 Å². The Balaban J connectivity index is 1.57. The third kappa shape index (κ3) is 4.07. The highest BCUT2D eigenvalue weighted by atomic mass is 19.1. The van der Waals surface area contributed by atoms with Crippen LogP contribution in [-0.2, 0) is 4.74 Å². The van der Waals surface area contributed by atoms with Crippen LogP contribution in [0.4, 0.5) is 10.1 Å². The highest BCUT2D eigenvalue weighted by molar-refractivity contribution is 6.04. The largest absolute Gasteiger partial charge is 0.491 e. The Labute approximate surface area is 134 Å². The molecule has 0 bridgehead atoms. The van der Waals surface area contributed by atoms with Crippen LogP contribution in [0.2, 0.25) is 0 Å². The topological polar surface area (TPSA) is 47.6 Å². The molecule has 1 aliphatic rings. The quantitative estimate of drug-likeness (QED) is 0.916. The monoisotopic (exact) mass is 315 g/mol. The average Bonchev–Trinajstić information content (AvgIpc) is 3.09. The van der Waals surface area contributed by atoms with Crippen LogP contribution in [0.15, 0.2) is 48.5 Å². The number of nitrogens with one attached hydrogen (secondary N) is 1. The van der Waals surface area contributed by atoms with Crippen molar-refractivity contribution in [2.45, 2.75) is 18.9 Å². The van der Waals surface area contributed by atoms with Crippen molar-refractivity contribution in [3.8, 4) is 5.75 Å². The highest BCUT2D eigenvalue weighted by Gasteiger charge is 2.16. The first-order chi connectivity index (χ1) is 11.2. The summed E-state index contributed by atoms with van der Waals surface area (Å²) in [6.45, 7) is 1.31. The van der Waals surface area contributed by atoms with E-state index in [9.17, 15) is 9.18 Å². The third-order valence-electron chi connectivity index (χ3n) is 3.70. The zero-order chi connectivity index (χ0) is 16.1. The molecule has 1 heterocycles. The molecular weight excluding hydrogens is 297 g/mol. The van der Waals surface area contributed by atoms with Crippen molar-refractivity contribution >= 4 is 11.6 Å². The number of anilines is 1. The molecule has 1 unspecified atom stereocenters. The van der Waals surface area contributed by atoms with Gasteiger partial charge < -0.3 is 14.8 Å². The number of carbonyl (C=O) groups is 1. The first-order valence-corrected chi connectivity index (χ1v) is 7.63. The fourth-order valence-corrected chi connectivity index (χ4v) is 2.42. The Kier molecular flexibility index (Phi) is 4.88. The molecule has 120 valence electrons. The molecule has 1 amide bonds. The molecule has 1 fully saturated rings. The highest BCUT2D eigenvalue weighted by Crippen LogP contribution is 2.18. The van der Waals surface area contributed by atoms with E-state index in [1.807, 2.05) is 0 Å². The number of benzene rings is 2. The van der Waals surface area contributed by atoms with E-state index in [2.05, 4.69) is 5.32 Å². The predicted octanol–water partition coefficient (Wildman–Crippen LogP) is 3.64. The smallest absolute Gasteiger partial charge is 0.255 e. The van der Waals surface area contributed by atoms with Gasteiger partial charge in [0.2, 0.25) is 0 Å². The lowest BCUT2D eigenvalue weighted by atomic mass is 10.2. The lowest BCUT2D eigenvalue weighted by Crippen LogP contribution is -2.16. The maximum atomic E-state index is 13.5. The van der Waals surface area contributed by atoms with E-state index >= 15 is 0 Å². The van der Waals surface area contributed by atoms with Gasteiger partial charge in [-0.15, -0.1) is 0 Å². The van der Waals surface area contributed by atoms with E-state index in [4.69, 9.17) is 9.47 Å². The van der Waals surface area contributed by atoms with Crippen LogP contribution < -0.4 is 10.1 Å². The van der Waals surface area contributed by atoms with Gasteiger partial charge in [0, 0.05) is 12.2 Å². The van der Waals surface area contributed by atoms with Gasteiger partial charge in [0.15, 0.2) is 0 Å². The molecule has 1 N–H and O–H groups in total. The Morgan fingerprint density at radius 2 is 2.00 bits per heavy atom. The molecule has 0 saturated carbocycles. The van der Waals surface area contributed by atoms with E-state index in [0.29, 0.717) is 17.9 Å². The SMILES string of the molecule is O=C(Nc1ccccc1F)c1ccc(OCC2CCCO2)cc1. The zero-order valence-corrected chi connectivity index (χ0v) is 12.6. The first kappa shape index (κ1) is 15.5. The third-order valence-corrected chi connectivity index (χ3v) is 3.70. The van der Waals surface area contributed by atoms with Crippen molar-refractivity contribution in [1.82, 2.24) is 0 Å². The van der Waals surface area contributed by atoms with Crippen molar-refractivity contribution in [1.29, 1.82) is 0 Å². The van der Waals surface area contributed by atoms with Crippen LogP contribution >= 0.6 is 0 Å². The Morgan fingerprint density at radius 3 is 2.70 bits per heavy atom. The summed E-state index contributed by atoms with van der Waals surface area (Å²) >= 11 is 0. The molecule has 0 aromatic heterocycles. The van der Waals surface area contributed by atoms with Crippen molar-refractivity contribution in [3.63, 3.8) is 0 Å². The average molecular weight is 315 g/mol. The fourth-order valence-electron chi connectivity index (χ4n) is 2.42. The van der Waals surface area contributed by atoms with E-state index in [0.717, 1.165) is 19.4 Å². The number of rotatable bonds is 5. The molecule has 0 aliphatic carbocycles. The summed E-state index contributed by atoms with van der Waals surface area (Å²) in [5.41, 5.74) is 0.605. The number of hydrogen-bond donors (Lipinski definition) is 1. The van der Waals surface area contributed by atoms with E-state index in [1.165, 1.54) is 12.1 Å². The van der Waals surface area contributed by atoms with Crippen LogP contribution in [0.3, 0.4) is 0 Å². The molecule has 0 spiro atoms. The van der Waals surface area contributed by atoms with E-state index < -0.39 is 5.82 Å². The number of hydrogen-bond acceptors (Lipinski definition) is 3. The summed E-state index contributed by atoms with van der Waals surface area (Å²) in [7, 11) is 0. The van der Waals surface area contributed by atoms with Crippen LogP contribution in [0.1, 0.15) is 23.2 Å². The second kappa shape index (κ2) is 7.24. The predicted molar refractivity (Wildman–Crippen MR) is 85.3 cm³/mol. The maximum absolute atomic E-state index is 13.5. The minimum atomic E-state index is -0.461. The lowest BCUT2D eigenvalue weighted by molar-refractivity contribution is 0.0679. The Hall–Kier alpha value is -2.40. The van der Waals surface area contributed by atoms with E-state index in [-0.39, 0.29) is 17.7 Å². The molecule has 23 heavy (non-hydrogen) atoms. The normalized spacial score (nSPS) is 17.0. The second-order valence-corrected chi connectivity index (χ2v) is 5.40. The molecular formula is C18H18FNO3. The maximum Gasteiger partial charge on any atom is 0.255 e. The lowest BCUT2D eigenvalue weighted by Gasteiger charge is -2.12.